The van der Waals surface area contributed by atoms with Gasteiger partial charge < -0.3 is 4.74 Å². The van der Waals surface area contributed by atoms with Crippen molar-refractivity contribution >= 4 is 15.8 Å². The van der Waals surface area contributed by atoms with Crippen LogP contribution in [0, 0.1) is 0 Å². The first kappa shape index (κ1) is 15.0. The van der Waals surface area contributed by atoms with E-state index < -0.39 is 26.5 Å². The number of carbonyl (C=O) groups is 1. The maximum atomic E-state index is 12.4. The Labute approximate surface area is 118 Å². The molecule has 2 rings (SSSR count). The number of rotatable bonds is 4. The molecule has 0 aliphatic carbocycles. The fourth-order valence-corrected chi connectivity index (χ4v) is 2.18. The maximum absolute atomic E-state index is 12.4. The zero-order chi connectivity index (χ0) is 15.6. The Bertz CT molecular complexity index is 756. The number of hydrogen-bond donors (Lipinski definition) is 0. The largest absolute Gasteiger partial charge is 0.463 e. The first-order chi connectivity index (χ1) is 9.86. The van der Waals surface area contributed by atoms with E-state index in [1.165, 1.54) is 30.3 Å². The highest BCUT2D eigenvalue weighted by Crippen LogP contribution is 2.19. The third-order valence-electron chi connectivity index (χ3n) is 2.52. The third kappa shape index (κ3) is 2.89. The Hall–Kier alpha value is -2.36. The highest BCUT2D eigenvalue weighted by Gasteiger charge is 2.26. The van der Waals surface area contributed by atoms with Crippen molar-refractivity contribution in [3.63, 3.8) is 0 Å². The van der Waals surface area contributed by atoms with Crippen molar-refractivity contribution in [2.45, 2.75) is 10.7 Å². The van der Waals surface area contributed by atoms with Crippen molar-refractivity contribution in [2.75, 3.05) is 7.11 Å². The standard InChI is InChI=1S/C11H9F2N3O4S/c1-20-10(17)9-14-6-16(15-9)7-2-4-8(5-3-7)21(18,19)11(12)13/h2-6,11H,1H3. The van der Waals surface area contributed by atoms with E-state index >= 15 is 0 Å². The van der Waals surface area contributed by atoms with E-state index in [1.807, 2.05) is 0 Å². The van der Waals surface area contributed by atoms with Crippen LogP contribution in [0.1, 0.15) is 10.6 Å². The lowest BCUT2D eigenvalue weighted by molar-refractivity contribution is 0.0587. The monoisotopic (exact) mass is 317 g/mol. The second-order valence-corrected chi connectivity index (χ2v) is 5.72. The molecule has 2 aromatic rings. The molecule has 0 unspecified atom stereocenters. The van der Waals surface area contributed by atoms with Crippen LogP contribution in [-0.2, 0) is 14.6 Å². The number of carbonyl (C=O) groups excluding carboxylic acids is 1. The van der Waals surface area contributed by atoms with E-state index in [0.717, 1.165) is 12.1 Å². The number of alkyl halides is 2. The molecule has 0 N–H and O–H groups in total. The van der Waals surface area contributed by atoms with Gasteiger partial charge in [0.05, 0.1) is 17.7 Å². The molecule has 0 spiro atoms. The molecule has 21 heavy (non-hydrogen) atoms. The van der Waals surface area contributed by atoms with Crippen molar-refractivity contribution < 1.29 is 26.7 Å². The molecule has 1 aromatic carbocycles. The molecule has 0 saturated carbocycles. The van der Waals surface area contributed by atoms with Gasteiger partial charge in [-0.2, -0.15) is 8.78 Å². The van der Waals surface area contributed by atoms with Crippen molar-refractivity contribution in [3.05, 3.63) is 36.4 Å². The minimum Gasteiger partial charge on any atom is -0.463 e. The number of esters is 1. The summed E-state index contributed by atoms with van der Waals surface area (Å²) in [4.78, 5) is 14.4. The van der Waals surface area contributed by atoms with Crippen LogP contribution in [0.25, 0.3) is 5.69 Å². The Morgan fingerprint density at radius 3 is 2.43 bits per heavy atom. The van der Waals surface area contributed by atoms with Gasteiger partial charge in [0.1, 0.15) is 6.33 Å². The molecule has 7 nitrogen and oxygen atoms in total. The second kappa shape index (κ2) is 5.56. The molecule has 0 saturated heterocycles. The summed E-state index contributed by atoms with van der Waals surface area (Å²) < 4.78 is 52.9. The Morgan fingerprint density at radius 1 is 1.29 bits per heavy atom. The van der Waals surface area contributed by atoms with E-state index in [9.17, 15) is 22.0 Å². The normalized spacial score (nSPS) is 11.6. The van der Waals surface area contributed by atoms with Crippen LogP contribution < -0.4 is 0 Å². The quantitative estimate of drug-likeness (QED) is 0.783. The van der Waals surface area contributed by atoms with Crippen LogP contribution >= 0.6 is 0 Å². The zero-order valence-corrected chi connectivity index (χ0v) is 11.4. The van der Waals surface area contributed by atoms with Crippen LogP contribution in [0.15, 0.2) is 35.5 Å². The summed E-state index contributed by atoms with van der Waals surface area (Å²) in [6.07, 6.45) is 1.21. The van der Waals surface area contributed by atoms with Crippen LogP contribution in [0.5, 0.6) is 0 Å². The van der Waals surface area contributed by atoms with Crippen molar-refractivity contribution in [1.82, 2.24) is 14.8 Å². The third-order valence-corrected chi connectivity index (χ3v) is 3.92. The molecule has 0 aliphatic rings. The number of aromatic nitrogens is 3. The van der Waals surface area contributed by atoms with Gasteiger partial charge in [0, 0.05) is 0 Å². The first-order valence-corrected chi connectivity index (χ1v) is 7.03. The highest BCUT2D eigenvalue weighted by atomic mass is 32.2. The lowest BCUT2D eigenvalue weighted by Crippen LogP contribution is -2.11. The smallest absolute Gasteiger partial charge is 0.377 e. The lowest BCUT2D eigenvalue weighted by Gasteiger charge is -2.04. The minimum atomic E-state index is -4.64. The molecule has 0 fully saturated rings. The van der Waals surface area contributed by atoms with E-state index in [1.54, 1.807) is 0 Å². The maximum Gasteiger partial charge on any atom is 0.377 e. The predicted molar refractivity (Wildman–Crippen MR) is 65.9 cm³/mol. The molecule has 112 valence electrons. The Balaban J connectivity index is 2.32. The number of halogens is 2. The highest BCUT2D eigenvalue weighted by molar-refractivity contribution is 7.91. The summed E-state index contributed by atoms with van der Waals surface area (Å²) in [6.45, 7) is 0. The topological polar surface area (TPSA) is 91.1 Å². The summed E-state index contributed by atoms with van der Waals surface area (Å²) >= 11 is 0. The molecule has 0 radical (unpaired) electrons. The van der Waals surface area contributed by atoms with Crippen LogP contribution in [0.4, 0.5) is 8.78 Å². The van der Waals surface area contributed by atoms with Gasteiger partial charge in [-0.05, 0) is 24.3 Å². The number of methoxy groups -OCH3 is 1. The van der Waals surface area contributed by atoms with E-state index in [2.05, 4.69) is 14.8 Å². The number of ether oxygens (including phenoxy) is 1. The summed E-state index contributed by atoms with van der Waals surface area (Å²) in [5, 5.41) is 3.81. The molecular formula is C11H9F2N3O4S. The Kier molecular flexibility index (Phi) is 3.98. The fourth-order valence-electron chi connectivity index (χ4n) is 1.46. The van der Waals surface area contributed by atoms with Gasteiger partial charge in [-0.15, -0.1) is 5.10 Å². The van der Waals surface area contributed by atoms with Gasteiger partial charge >= 0.3 is 11.7 Å². The zero-order valence-electron chi connectivity index (χ0n) is 10.6. The molecule has 0 atom stereocenters. The van der Waals surface area contributed by atoms with Gasteiger partial charge in [-0.25, -0.2) is 22.9 Å². The number of benzene rings is 1. The summed E-state index contributed by atoms with van der Waals surface area (Å²) in [6, 6.07) is 4.59. The molecule has 0 amide bonds. The SMILES string of the molecule is COC(=O)c1ncn(-c2ccc(S(=O)(=O)C(F)F)cc2)n1. The van der Waals surface area contributed by atoms with Gasteiger partial charge in [0.15, 0.2) is 0 Å². The molecule has 1 aromatic heterocycles. The van der Waals surface area contributed by atoms with Gasteiger partial charge in [-0.3, -0.25) is 0 Å². The van der Waals surface area contributed by atoms with Crippen molar-refractivity contribution in [1.29, 1.82) is 0 Å². The summed E-state index contributed by atoms with van der Waals surface area (Å²) in [7, 11) is -3.47. The van der Waals surface area contributed by atoms with Crippen LogP contribution in [0.3, 0.4) is 0 Å². The lowest BCUT2D eigenvalue weighted by atomic mass is 10.3. The van der Waals surface area contributed by atoms with Crippen molar-refractivity contribution in [2.24, 2.45) is 0 Å². The fraction of sp³-hybridized carbons (Fsp3) is 0.182. The van der Waals surface area contributed by atoms with E-state index in [4.69, 9.17) is 0 Å². The average Bonchev–Trinajstić information content (AvgIpc) is 2.96. The van der Waals surface area contributed by atoms with Crippen LogP contribution in [0.2, 0.25) is 0 Å². The minimum absolute atomic E-state index is 0.179. The molecule has 10 heteroatoms. The van der Waals surface area contributed by atoms with E-state index in [0.29, 0.717) is 5.69 Å². The summed E-state index contributed by atoms with van der Waals surface area (Å²) in [5.74, 6) is -4.40. The number of hydrogen-bond acceptors (Lipinski definition) is 6. The molecule has 0 bridgehead atoms. The van der Waals surface area contributed by atoms with Crippen LogP contribution in [-0.4, -0.2) is 42.0 Å². The number of sulfone groups is 1. The van der Waals surface area contributed by atoms with Gasteiger partial charge in [0.25, 0.3) is 5.82 Å². The number of nitrogens with zero attached hydrogens (tertiary/aromatic N) is 3. The predicted octanol–water partition coefficient (Wildman–Crippen LogP) is 1.05. The van der Waals surface area contributed by atoms with Gasteiger partial charge in [0.2, 0.25) is 9.84 Å². The molecular weight excluding hydrogens is 308 g/mol. The first-order valence-electron chi connectivity index (χ1n) is 5.48. The summed E-state index contributed by atoms with van der Waals surface area (Å²) in [5.41, 5.74) is 0.353. The van der Waals surface area contributed by atoms with E-state index in [-0.39, 0.29) is 5.82 Å². The molecule has 0 aliphatic heterocycles. The second-order valence-electron chi connectivity index (χ2n) is 3.80. The Morgan fingerprint density at radius 2 is 1.90 bits per heavy atom. The van der Waals surface area contributed by atoms with Gasteiger partial charge in [-0.1, -0.05) is 0 Å². The van der Waals surface area contributed by atoms with Crippen molar-refractivity contribution in [3.8, 4) is 5.69 Å². The average molecular weight is 317 g/mol. The molecule has 1 heterocycles.